The van der Waals surface area contributed by atoms with Gasteiger partial charge in [0, 0.05) is 46.2 Å². The highest BCUT2D eigenvalue weighted by Crippen LogP contribution is 2.46. The Morgan fingerprint density at radius 3 is 1.13 bits per heavy atom. The summed E-state index contributed by atoms with van der Waals surface area (Å²) in [6.07, 6.45) is 0.950. The smallest absolute Gasteiger partial charge is 0.285 e. The van der Waals surface area contributed by atoms with Gasteiger partial charge >= 0.3 is 0 Å². The number of hydrogen-bond donors (Lipinski definition) is 1. The molecule has 2 heterocycles. The third-order valence-corrected chi connectivity index (χ3v) is 11.4. The molecule has 2 aliphatic heterocycles. The van der Waals surface area contributed by atoms with Gasteiger partial charge in [0.25, 0.3) is 33.7 Å². The summed E-state index contributed by atoms with van der Waals surface area (Å²) in [5.41, 5.74) is 3.95. The Labute approximate surface area is 347 Å². The molecule has 0 spiro atoms. The van der Waals surface area contributed by atoms with E-state index in [1.165, 1.54) is 9.80 Å². The minimum atomic E-state index is -3.70. The molecule has 7 rings (SSSR count). The molecule has 16 nitrogen and oxygen atoms in total. The van der Waals surface area contributed by atoms with Gasteiger partial charge in [-0.05, 0) is 63.0 Å². The van der Waals surface area contributed by atoms with Gasteiger partial charge < -0.3 is 28.4 Å². The fourth-order valence-corrected chi connectivity index (χ4v) is 8.37. The van der Waals surface area contributed by atoms with Crippen molar-refractivity contribution in [1.82, 2.24) is 15.3 Å². The highest BCUT2D eigenvalue weighted by Gasteiger charge is 2.36. The maximum atomic E-state index is 13.9. The predicted octanol–water partition coefficient (Wildman–Crippen LogP) is 4.31. The molecular formula is C43H49N3O13S. The maximum absolute atomic E-state index is 13.9. The van der Waals surface area contributed by atoms with Crippen LogP contribution in [0.25, 0.3) is 43.1 Å². The number of hydroxylamine groups is 1. The quantitative estimate of drug-likeness (QED) is 0.0273. The van der Waals surface area contributed by atoms with Gasteiger partial charge in [0.1, 0.15) is 5.75 Å². The lowest BCUT2D eigenvalue weighted by molar-refractivity contribution is 0.0108. The second-order valence-electron chi connectivity index (χ2n) is 14.2. The molecule has 0 saturated heterocycles. The van der Waals surface area contributed by atoms with Gasteiger partial charge in [0.05, 0.1) is 85.8 Å². The molecule has 0 bridgehead atoms. The number of carbonyl (C=O) groups is 4. The normalized spacial score (nSPS) is 14.4. The van der Waals surface area contributed by atoms with E-state index in [-0.39, 0.29) is 65.1 Å². The van der Waals surface area contributed by atoms with Crippen LogP contribution in [0.5, 0.6) is 0 Å². The molecule has 60 heavy (non-hydrogen) atoms. The van der Waals surface area contributed by atoms with Crippen molar-refractivity contribution in [2.75, 3.05) is 105 Å². The number of nitrogens with zero attached hydrogens (tertiary/aromatic N) is 2. The summed E-state index contributed by atoms with van der Waals surface area (Å²) in [7, 11) is -3.70. The molecule has 5 aromatic rings. The zero-order valence-corrected chi connectivity index (χ0v) is 34.6. The highest BCUT2D eigenvalue weighted by molar-refractivity contribution is 7.86. The van der Waals surface area contributed by atoms with E-state index in [9.17, 15) is 27.6 Å². The van der Waals surface area contributed by atoms with Crippen molar-refractivity contribution >= 4 is 76.8 Å². The van der Waals surface area contributed by atoms with Crippen molar-refractivity contribution < 1.29 is 60.3 Å². The van der Waals surface area contributed by atoms with Gasteiger partial charge in [0.15, 0.2) is 0 Å². The standard InChI is InChI=1S/C43H49N3O13S/c1-3-15-53-18-21-56-22-19-54-16-13-45-40(47)32-9-5-28-30-7-11-34-39-35(12-8-31(37(30)39)29-6-10-33(41(45)48)38(32)36(28)29)43(50)46(42(34)49)14-17-55-20-23-57-24-25-58-26-27-60(51,52)59-44-4-2/h5-12,44H,3-4,13-27H2,1-2H3. The summed E-state index contributed by atoms with van der Waals surface area (Å²) in [5.74, 6) is -1.92. The van der Waals surface area contributed by atoms with E-state index in [0.717, 1.165) is 38.7 Å². The number of rotatable bonds is 26. The number of imide groups is 2. The van der Waals surface area contributed by atoms with Crippen molar-refractivity contribution in [2.24, 2.45) is 0 Å². The monoisotopic (exact) mass is 847 g/mol. The first-order valence-electron chi connectivity index (χ1n) is 20.2. The molecule has 1 N–H and O–H groups in total. The summed E-state index contributed by atoms with van der Waals surface area (Å²) in [4.78, 5) is 57.8. The van der Waals surface area contributed by atoms with Crippen LogP contribution in [0.3, 0.4) is 0 Å². The van der Waals surface area contributed by atoms with E-state index in [4.69, 9.17) is 28.4 Å². The van der Waals surface area contributed by atoms with Crippen molar-refractivity contribution in [3.8, 4) is 0 Å². The zero-order valence-electron chi connectivity index (χ0n) is 33.7. The molecule has 0 radical (unpaired) electrons. The minimum Gasteiger partial charge on any atom is -0.379 e. The van der Waals surface area contributed by atoms with E-state index in [1.807, 2.05) is 31.2 Å². The topological polar surface area (TPSA) is 186 Å². The van der Waals surface area contributed by atoms with Crippen LogP contribution in [0.1, 0.15) is 61.7 Å². The molecular weight excluding hydrogens is 799 g/mol. The second-order valence-corrected chi connectivity index (χ2v) is 15.9. The summed E-state index contributed by atoms with van der Waals surface area (Å²) >= 11 is 0. The fraction of sp³-hybridized carbons (Fsp3) is 0.442. The zero-order chi connectivity index (χ0) is 42.2. The van der Waals surface area contributed by atoms with Gasteiger partial charge in [-0.1, -0.05) is 38.1 Å². The maximum Gasteiger partial charge on any atom is 0.285 e. The average molecular weight is 848 g/mol. The first-order valence-corrected chi connectivity index (χ1v) is 21.8. The summed E-state index contributed by atoms with van der Waals surface area (Å²) < 4.78 is 60.8. The molecule has 5 aromatic carbocycles. The summed E-state index contributed by atoms with van der Waals surface area (Å²) in [6.45, 7) is 7.73. The van der Waals surface area contributed by atoms with Crippen LogP contribution in [0.2, 0.25) is 0 Å². The van der Waals surface area contributed by atoms with Crippen LogP contribution < -0.4 is 5.48 Å². The molecule has 0 aliphatic carbocycles. The average Bonchev–Trinajstić information content (AvgIpc) is 3.25. The second kappa shape index (κ2) is 19.8. The van der Waals surface area contributed by atoms with Crippen LogP contribution in [0.4, 0.5) is 0 Å². The number of ether oxygens (including phenoxy) is 6. The SMILES string of the molecule is CCCOCCOCCOCCN1C(=O)c2ccc3c4ccc5c6c(ccc(c7ccc(c2c37)C1=O)c64)C(=O)N(CCOCCOCCOCCS(=O)(=O)ONCC)C5=O. The fourth-order valence-electron chi connectivity index (χ4n) is 7.67. The predicted molar refractivity (Wildman–Crippen MR) is 222 cm³/mol. The molecule has 320 valence electrons. The van der Waals surface area contributed by atoms with Crippen LogP contribution in [-0.2, 0) is 42.8 Å². The molecule has 17 heteroatoms. The van der Waals surface area contributed by atoms with E-state index in [0.29, 0.717) is 72.6 Å². The largest absolute Gasteiger partial charge is 0.379 e. The third kappa shape index (κ3) is 9.00. The third-order valence-electron chi connectivity index (χ3n) is 10.4. The molecule has 0 fully saturated rings. The van der Waals surface area contributed by atoms with E-state index in [2.05, 4.69) is 9.76 Å². The Hall–Kier alpha value is -4.69. The molecule has 0 aromatic heterocycles. The molecule has 0 saturated carbocycles. The van der Waals surface area contributed by atoms with Gasteiger partial charge in [0.2, 0.25) is 0 Å². The van der Waals surface area contributed by atoms with E-state index < -0.39 is 33.7 Å². The molecule has 2 aliphatic rings. The first kappa shape index (κ1) is 43.4. The van der Waals surface area contributed by atoms with Crippen LogP contribution in [0, 0.1) is 0 Å². The molecule has 4 amide bonds. The Morgan fingerprint density at radius 1 is 0.450 bits per heavy atom. The first-order chi connectivity index (χ1) is 29.2. The lowest BCUT2D eigenvalue weighted by Gasteiger charge is -2.30. The van der Waals surface area contributed by atoms with Crippen LogP contribution in [0.15, 0.2) is 48.5 Å². The Morgan fingerprint density at radius 2 is 0.783 bits per heavy atom. The highest BCUT2D eigenvalue weighted by atomic mass is 32.2. The number of carbonyl (C=O) groups excluding carboxylic acids is 4. The molecule has 0 unspecified atom stereocenters. The van der Waals surface area contributed by atoms with Gasteiger partial charge in [-0.15, -0.1) is 0 Å². The minimum absolute atomic E-state index is 0.0367. The van der Waals surface area contributed by atoms with Crippen LogP contribution >= 0.6 is 0 Å². The number of nitrogens with one attached hydrogen (secondary N) is 1. The lowest BCUT2D eigenvalue weighted by Crippen LogP contribution is -2.42. The van der Waals surface area contributed by atoms with Crippen molar-refractivity contribution in [3.63, 3.8) is 0 Å². The number of hydrogen-bond acceptors (Lipinski definition) is 14. The van der Waals surface area contributed by atoms with Crippen molar-refractivity contribution in [1.29, 1.82) is 0 Å². The van der Waals surface area contributed by atoms with Gasteiger partial charge in [-0.3, -0.25) is 29.0 Å². The van der Waals surface area contributed by atoms with E-state index in [1.54, 1.807) is 31.2 Å². The Kier molecular flexibility index (Phi) is 14.3. The van der Waals surface area contributed by atoms with Gasteiger partial charge in [-0.2, -0.15) is 18.2 Å². The number of benzene rings is 5. The number of fused-ring (bicyclic) bond motifs is 2. The Balaban J connectivity index is 0.983. The van der Waals surface area contributed by atoms with E-state index >= 15 is 0 Å². The summed E-state index contributed by atoms with van der Waals surface area (Å²) in [6, 6.07) is 14.5. The summed E-state index contributed by atoms with van der Waals surface area (Å²) in [5, 5.41) is 5.95. The number of amides is 4. The van der Waals surface area contributed by atoms with Gasteiger partial charge in [-0.25, -0.2) is 0 Å². The molecule has 0 atom stereocenters. The Bertz CT molecular complexity index is 2370. The van der Waals surface area contributed by atoms with Crippen LogP contribution in [-0.4, -0.2) is 147 Å². The van der Waals surface area contributed by atoms with Crippen molar-refractivity contribution in [3.05, 3.63) is 70.8 Å². The lowest BCUT2D eigenvalue weighted by atomic mass is 9.82. The van der Waals surface area contributed by atoms with Crippen molar-refractivity contribution in [2.45, 2.75) is 20.3 Å².